The zero-order chi connectivity index (χ0) is 14.7. The molecule has 0 amide bonds. The highest BCUT2D eigenvalue weighted by Gasteiger charge is 2.11. The molecule has 22 heavy (non-hydrogen) atoms. The topological polar surface area (TPSA) is 45.3 Å². The van der Waals surface area contributed by atoms with Crippen molar-refractivity contribution in [2.75, 3.05) is 31.2 Å². The quantitative estimate of drug-likeness (QED) is 0.873. The van der Waals surface area contributed by atoms with Crippen LogP contribution < -0.4 is 10.5 Å². The maximum Gasteiger partial charge on any atom is 0.252 e. The van der Waals surface area contributed by atoms with E-state index in [1.807, 2.05) is 18.2 Å². The van der Waals surface area contributed by atoms with Crippen molar-refractivity contribution >= 4 is 29.7 Å². The molecule has 2 aromatic rings. The summed E-state index contributed by atoms with van der Waals surface area (Å²) in [6, 6.07) is 11.9. The van der Waals surface area contributed by atoms with Crippen molar-refractivity contribution in [3.8, 4) is 11.3 Å². The van der Waals surface area contributed by atoms with Crippen LogP contribution in [-0.2, 0) is 10.6 Å². The number of benzene rings is 1. The van der Waals surface area contributed by atoms with Gasteiger partial charge in [0.05, 0.1) is 19.1 Å². The van der Waals surface area contributed by atoms with Crippen LogP contribution in [0.25, 0.3) is 11.3 Å². The molecule has 1 aliphatic rings. The third kappa shape index (κ3) is 3.64. The molecule has 0 spiro atoms. The number of morpholine rings is 1. The Morgan fingerprint density at radius 3 is 2.36 bits per heavy atom. The summed E-state index contributed by atoms with van der Waals surface area (Å²) in [4.78, 5) is 17.0. The van der Waals surface area contributed by atoms with Gasteiger partial charge >= 0.3 is 0 Å². The van der Waals surface area contributed by atoms with Gasteiger partial charge in [0.25, 0.3) is 5.56 Å². The first-order valence-electron chi connectivity index (χ1n) is 6.99. The minimum Gasteiger partial charge on any atom is -0.378 e. The Morgan fingerprint density at radius 1 is 1.09 bits per heavy atom. The third-order valence-electron chi connectivity index (χ3n) is 3.69. The van der Waals surface area contributed by atoms with Gasteiger partial charge in [-0.15, -0.1) is 24.0 Å². The van der Waals surface area contributed by atoms with E-state index < -0.39 is 0 Å². The van der Waals surface area contributed by atoms with Crippen molar-refractivity contribution in [1.29, 1.82) is 0 Å². The van der Waals surface area contributed by atoms with Crippen molar-refractivity contribution in [2.45, 2.75) is 5.88 Å². The predicted molar refractivity (Wildman–Crippen MR) is 92.3 cm³/mol. The van der Waals surface area contributed by atoms with E-state index in [0.29, 0.717) is 5.56 Å². The molecule has 1 aromatic carbocycles. The lowest BCUT2D eigenvalue weighted by molar-refractivity contribution is 0.122. The Morgan fingerprint density at radius 2 is 1.77 bits per heavy atom. The van der Waals surface area contributed by atoms with Crippen LogP contribution in [0.3, 0.4) is 0 Å². The van der Waals surface area contributed by atoms with E-state index in [1.54, 1.807) is 6.07 Å². The molecular formula is C16H18Cl2N2O2. The number of anilines is 1. The number of rotatable bonds is 3. The van der Waals surface area contributed by atoms with Gasteiger partial charge in [-0.2, -0.15) is 0 Å². The normalized spacial score (nSPS) is 14.5. The standard InChI is InChI=1S/C16H17ClN2O2.ClH/c17-11-13-3-6-15(18-16(13)20)12-1-4-14(5-2-12)19-7-9-21-10-8-19;/h1-6H,7-11H2,(H,18,20);1H. The van der Waals surface area contributed by atoms with Gasteiger partial charge in [-0.3, -0.25) is 4.79 Å². The number of alkyl halides is 1. The maximum absolute atomic E-state index is 11.8. The SMILES string of the molecule is Cl.O=c1[nH]c(-c2ccc(N3CCOCC3)cc2)ccc1CCl. The molecule has 118 valence electrons. The second-order valence-electron chi connectivity index (χ2n) is 5.01. The summed E-state index contributed by atoms with van der Waals surface area (Å²) in [5.74, 6) is 0.228. The number of pyridine rings is 1. The number of nitrogens with one attached hydrogen (secondary N) is 1. The zero-order valence-electron chi connectivity index (χ0n) is 12.0. The lowest BCUT2D eigenvalue weighted by Gasteiger charge is -2.28. The molecule has 0 radical (unpaired) electrons. The first kappa shape index (κ1) is 16.9. The highest BCUT2D eigenvalue weighted by Crippen LogP contribution is 2.22. The van der Waals surface area contributed by atoms with Crippen molar-refractivity contribution in [1.82, 2.24) is 4.98 Å². The lowest BCUT2D eigenvalue weighted by Crippen LogP contribution is -2.36. The summed E-state index contributed by atoms with van der Waals surface area (Å²) < 4.78 is 5.36. The molecule has 0 bridgehead atoms. The van der Waals surface area contributed by atoms with Crippen LogP contribution >= 0.6 is 24.0 Å². The smallest absolute Gasteiger partial charge is 0.252 e. The molecule has 0 unspecified atom stereocenters. The molecule has 1 fully saturated rings. The van der Waals surface area contributed by atoms with Crippen molar-refractivity contribution in [3.05, 3.63) is 52.3 Å². The van der Waals surface area contributed by atoms with Crippen molar-refractivity contribution in [3.63, 3.8) is 0 Å². The van der Waals surface area contributed by atoms with E-state index in [0.717, 1.165) is 37.6 Å². The molecule has 1 saturated heterocycles. The summed E-state index contributed by atoms with van der Waals surface area (Å²) >= 11 is 5.70. The minimum absolute atomic E-state index is 0. The number of aromatic nitrogens is 1. The molecule has 0 aliphatic carbocycles. The summed E-state index contributed by atoms with van der Waals surface area (Å²) in [7, 11) is 0. The van der Waals surface area contributed by atoms with Crippen LogP contribution in [-0.4, -0.2) is 31.3 Å². The number of hydrogen-bond acceptors (Lipinski definition) is 3. The van der Waals surface area contributed by atoms with Gasteiger partial charge in [0.15, 0.2) is 0 Å². The van der Waals surface area contributed by atoms with Crippen LogP contribution in [0.15, 0.2) is 41.2 Å². The van der Waals surface area contributed by atoms with E-state index in [1.165, 1.54) is 5.69 Å². The summed E-state index contributed by atoms with van der Waals surface area (Å²) in [6.45, 7) is 3.38. The van der Waals surface area contributed by atoms with Gasteiger partial charge in [-0.25, -0.2) is 0 Å². The highest BCUT2D eigenvalue weighted by atomic mass is 35.5. The van der Waals surface area contributed by atoms with Crippen LogP contribution in [0.4, 0.5) is 5.69 Å². The Hall–Kier alpha value is -1.49. The lowest BCUT2D eigenvalue weighted by atomic mass is 10.1. The number of H-pyrrole nitrogens is 1. The van der Waals surface area contributed by atoms with Gasteiger partial charge in [0.1, 0.15) is 0 Å². The van der Waals surface area contributed by atoms with Gasteiger partial charge in [0, 0.05) is 30.0 Å². The third-order valence-corrected chi connectivity index (χ3v) is 3.98. The number of halogens is 2. The van der Waals surface area contributed by atoms with Gasteiger partial charge in [-0.05, 0) is 23.8 Å². The Bertz CT molecular complexity index is 665. The molecule has 0 saturated carbocycles. The van der Waals surface area contributed by atoms with Crippen LogP contribution in [0, 0.1) is 0 Å². The number of ether oxygens (including phenoxy) is 1. The number of aromatic amines is 1. The Kier molecular flexibility index (Phi) is 5.89. The first-order chi connectivity index (χ1) is 10.3. The van der Waals surface area contributed by atoms with Gasteiger partial charge in [-0.1, -0.05) is 18.2 Å². The Balaban J connectivity index is 0.00000176. The van der Waals surface area contributed by atoms with Crippen molar-refractivity contribution in [2.24, 2.45) is 0 Å². The molecule has 4 nitrogen and oxygen atoms in total. The first-order valence-corrected chi connectivity index (χ1v) is 7.52. The average Bonchev–Trinajstić information content (AvgIpc) is 2.56. The molecule has 2 heterocycles. The van der Waals surface area contributed by atoms with Gasteiger partial charge < -0.3 is 14.6 Å². The number of hydrogen-bond donors (Lipinski definition) is 1. The summed E-state index contributed by atoms with van der Waals surface area (Å²) in [5.41, 5.74) is 3.44. The molecule has 3 rings (SSSR count). The second-order valence-corrected chi connectivity index (χ2v) is 5.27. The largest absolute Gasteiger partial charge is 0.378 e. The molecular weight excluding hydrogens is 323 g/mol. The zero-order valence-corrected chi connectivity index (χ0v) is 13.6. The van der Waals surface area contributed by atoms with Crippen LogP contribution in [0.1, 0.15) is 5.56 Å². The Labute approximate surface area is 140 Å². The van der Waals surface area contributed by atoms with Crippen LogP contribution in [0.5, 0.6) is 0 Å². The van der Waals surface area contributed by atoms with E-state index in [2.05, 4.69) is 22.0 Å². The minimum atomic E-state index is -0.125. The average molecular weight is 341 g/mol. The van der Waals surface area contributed by atoms with E-state index >= 15 is 0 Å². The predicted octanol–water partition coefficient (Wildman–Crippen LogP) is 3.04. The molecule has 0 atom stereocenters. The van der Waals surface area contributed by atoms with Crippen molar-refractivity contribution < 1.29 is 4.74 Å². The maximum atomic E-state index is 11.8. The van der Waals surface area contributed by atoms with Gasteiger partial charge in [0.2, 0.25) is 0 Å². The summed E-state index contributed by atoms with van der Waals surface area (Å²) in [6.07, 6.45) is 0. The fourth-order valence-corrected chi connectivity index (χ4v) is 2.66. The van der Waals surface area contributed by atoms with Crippen LogP contribution in [0.2, 0.25) is 0 Å². The monoisotopic (exact) mass is 340 g/mol. The summed E-state index contributed by atoms with van der Waals surface area (Å²) in [5, 5.41) is 0. The molecule has 1 aromatic heterocycles. The molecule has 1 aliphatic heterocycles. The van der Waals surface area contributed by atoms with E-state index in [-0.39, 0.29) is 23.8 Å². The number of nitrogens with zero attached hydrogens (tertiary/aromatic N) is 1. The van der Waals surface area contributed by atoms with E-state index in [9.17, 15) is 4.79 Å². The highest BCUT2D eigenvalue weighted by molar-refractivity contribution is 6.17. The second kappa shape index (κ2) is 7.68. The fraction of sp³-hybridized carbons (Fsp3) is 0.312. The molecule has 1 N–H and O–H groups in total. The fourth-order valence-electron chi connectivity index (χ4n) is 2.45. The van der Waals surface area contributed by atoms with E-state index in [4.69, 9.17) is 16.3 Å². The molecule has 6 heteroatoms.